The van der Waals surface area contributed by atoms with Crippen LogP contribution < -0.4 is 0 Å². The predicted octanol–water partition coefficient (Wildman–Crippen LogP) is 0.737. The molecule has 0 saturated heterocycles. The Labute approximate surface area is 69.5 Å². The van der Waals surface area contributed by atoms with Crippen molar-refractivity contribution in [3.05, 3.63) is 23.3 Å². The molecule has 0 aliphatic carbocycles. The highest BCUT2D eigenvalue weighted by Gasteiger charge is 2.02. The highest BCUT2D eigenvalue weighted by atomic mass is 14.3. The molecule has 0 saturated carbocycles. The molecule has 0 rings (SSSR count). The molecule has 53 valence electrons. The van der Waals surface area contributed by atoms with Crippen LogP contribution in [0, 0.1) is 51.4 Å². The number of allylic oxidation sites excluding steroid dienone is 4. The van der Waals surface area contributed by atoms with E-state index in [1.54, 1.807) is 18.2 Å². The lowest BCUT2D eigenvalue weighted by molar-refractivity contribution is 1.41. The minimum absolute atomic E-state index is 0.151. The molecule has 0 atom stereocenters. The standard InChI is InChI=1S/C8HN4/c9-3-1-7(5-11)8(6-12)2-4-10/h1H/b7-1-,8-2?. The molecule has 0 aliphatic heterocycles. The summed E-state index contributed by atoms with van der Waals surface area (Å²) in [6.45, 7) is 0. The molecule has 1 radical (unpaired) electrons. The van der Waals surface area contributed by atoms with E-state index in [-0.39, 0.29) is 11.1 Å². The van der Waals surface area contributed by atoms with Crippen molar-refractivity contribution < 1.29 is 0 Å². The van der Waals surface area contributed by atoms with Crippen LogP contribution in [0.5, 0.6) is 0 Å². The first kappa shape index (κ1) is 9.44. The molecule has 0 spiro atoms. The van der Waals surface area contributed by atoms with Crippen molar-refractivity contribution in [3.63, 3.8) is 0 Å². The Hall–Kier alpha value is -2.56. The Bertz CT molecular complexity index is 347. The van der Waals surface area contributed by atoms with Crippen molar-refractivity contribution in [1.29, 1.82) is 21.0 Å². The van der Waals surface area contributed by atoms with E-state index in [1.807, 2.05) is 6.08 Å². The Morgan fingerprint density at radius 1 is 1.00 bits per heavy atom. The second-order valence-corrected chi connectivity index (χ2v) is 1.52. The van der Waals surface area contributed by atoms with Crippen LogP contribution in [0.3, 0.4) is 0 Å². The molecular formula is C8HN4. The van der Waals surface area contributed by atoms with Crippen LogP contribution in [-0.4, -0.2) is 0 Å². The summed E-state index contributed by atoms with van der Waals surface area (Å²) >= 11 is 0. The summed E-state index contributed by atoms with van der Waals surface area (Å²) in [7, 11) is 0. The Kier molecular flexibility index (Phi) is 4.12. The van der Waals surface area contributed by atoms with Gasteiger partial charge in [-0.1, -0.05) is 0 Å². The largest absolute Gasteiger partial charge is 0.193 e. The van der Waals surface area contributed by atoms with Gasteiger partial charge in [-0.3, -0.25) is 0 Å². The highest BCUT2D eigenvalue weighted by Crippen LogP contribution is 2.05. The minimum Gasteiger partial charge on any atom is -0.193 e. The fourth-order valence-corrected chi connectivity index (χ4v) is 0.436. The monoisotopic (exact) mass is 153 g/mol. The average Bonchev–Trinajstić information content (AvgIpc) is 2.11. The zero-order valence-electron chi connectivity index (χ0n) is 5.87. The summed E-state index contributed by atoms with van der Waals surface area (Å²) < 4.78 is 0. The van der Waals surface area contributed by atoms with Crippen LogP contribution in [0.15, 0.2) is 17.2 Å². The smallest absolute Gasteiger partial charge is 0.102 e. The van der Waals surface area contributed by atoms with E-state index in [4.69, 9.17) is 21.0 Å². The summed E-state index contributed by atoms with van der Waals surface area (Å²) in [5.41, 5.74) is -0.372. The number of hydrogen-bond acceptors (Lipinski definition) is 4. The molecule has 0 bridgehead atoms. The van der Waals surface area contributed by atoms with E-state index in [9.17, 15) is 0 Å². The van der Waals surface area contributed by atoms with Crippen LogP contribution in [0.2, 0.25) is 0 Å². The summed E-state index contributed by atoms with van der Waals surface area (Å²) in [5, 5.41) is 33.1. The Morgan fingerprint density at radius 3 is 2.00 bits per heavy atom. The summed E-state index contributed by atoms with van der Waals surface area (Å²) in [5.74, 6) is 0. The van der Waals surface area contributed by atoms with E-state index >= 15 is 0 Å². The molecule has 0 N–H and O–H groups in total. The summed E-state index contributed by atoms with van der Waals surface area (Å²) in [6.07, 6.45) is 2.88. The quantitative estimate of drug-likeness (QED) is 0.410. The van der Waals surface area contributed by atoms with Gasteiger partial charge in [0.1, 0.15) is 18.2 Å². The highest BCUT2D eigenvalue weighted by molar-refractivity contribution is 5.51. The molecule has 0 unspecified atom stereocenters. The molecule has 0 fully saturated rings. The average molecular weight is 153 g/mol. The third-order valence-corrected chi connectivity index (χ3v) is 0.891. The van der Waals surface area contributed by atoms with Crippen molar-refractivity contribution in [3.8, 4) is 24.3 Å². The second kappa shape index (κ2) is 5.24. The normalized spacial score (nSPS) is 10.3. The number of nitrogens with zero attached hydrogens (tertiary/aromatic N) is 4. The van der Waals surface area contributed by atoms with E-state index < -0.39 is 0 Å². The van der Waals surface area contributed by atoms with Crippen LogP contribution in [0.1, 0.15) is 0 Å². The van der Waals surface area contributed by atoms with Crippen LogP contribution in [0.25, 0.3) is 0 Å². The van der Waals surface area contributed by atoms with Crippen LogP contribution >= 0.6 is 0 Å². The molecule has 0 aliphatic rings. The van der Waals surface area contributed by atoms with Crippen molar-refractivity contribution in [2.45, 2.75) is 0 Å². The SMILES string of the molecule is N#C/[C]=C(C#N)\C(C#N)=C/C#N. The van der Waals surface area contributed by atoms with E-state index in [2.05, 4.69) is 0 Å². The molecule has 0 amide bonds. The molecule has 4 nitrogen and oxygen atoms in total. The molecule has 0 aromatic heterocycles. The van der Waals surface area contributed by atoms with Gasteiger partial charge in [0.15, 0.2) is 0 Å². The van der Waals surface area contributed by atoms with Crippen LogP contribution in [0.4, 0.5) is 0 Å². The lowest BCUT2D eigenvalue weighted by Gasteiger charge is -1.85. The van der Waals surface area contributed by atoms with Gasteiger partial charge in [0.05, 0.1) is 23.3 Å². The number of hydrogen-bond donors (Lipinski definition) is 0. The topological polar surface area (TPSA) is 95.2 Å². The third-order valence-electron chi connectivity index (χ3n) is 0.891. The zero-order valence-corrected chi connectivity index (χ0v) is 5.87. The van der Waals surface area contributed by atoms with Gasteiger partial charge in [-0.15, -0.1) is 0 Å². The molecular weight excluding hydrogens is 152 g/mol. The second-order valence-electron chi connectivity index (χ2n) is 1.52. The van der Waals surface area contributed by atoms with E-state index in [0.717, 1.165) is 6.08 Å². The Balaban J connectivity index is 5.09. The van der Waals surface area contributed by atoms with Crippen molar-refractivity contribution in [1.82, 2.24) is 0 Å². The predicted molar refractivity (Wildman–Crippen MR) is 37.3 cm³/mol. The van der Waals surface area contributed by atoms with Gasteiger partial charge in [-0.2, -0.15) is 21.0 Å². The maximum atomic E-state index is 8.39. The first-order valence-electron chi connectivity index (χ1n) is 2.72. The lowest BCUT2D eigenvalue weighted by Crippen LogP contribution is -1.83. The maximum absolute atomic E-state index is 8.39. The molecule has 12 heavy (non-hydrogen) atoms. The van der Waals surface area contributed by atoms with E-state index in [0.29, 0.717) is 0 Å². The summed E-state index contributed by atoms with van der Waals surface area (Å²) in [6, 6.07) is 6.25. The van der Waals surface area contributed by atoms with Gasteiger partial charge >= 0.3 is 0 Å². The van der Waals surface area contributed by atoms with Gasteiger partial charge in [-0.05, 0) is 0 Å². The van der Waals surface area contributed by atoms with Gasteiger partial charge < -0.3 is 0 Å². The minimum atomic E-state index is -0.221. The molecule has 0 aromatic rings. The first-order valence-corrected chi connectivity index (χ1v) is 2.72. The fraction of sp³-hybridized carbons (Fsp3) is 0. The van der Waals surface area contributed by atoms with Crippen molar-refractivity contribution in [2.75, 3.05) is 0 Å². The molecule has 4 heteroatoms. The van der Waals surface area contributed by atoms with E-state index in [1.165, 1.54) is 6.07 Å². The van der Waals surface area contributed by atoms with Crippen molar-refractivity contribution >= 4 is 0 Å². The Morgan fingerprint density at radius 2 is 1.67 bits per heavy atom. The van der Waals surface area contributed by atoms with Gasteiger partial charge in [0, 0.05) is 6.08 Å². The fourth-order valence-electron chi connectivity index (χ4n) is 0.436. The third kappa shape index (κ3) is 2.36. The first-order chi connectivity index (χ1) is 5.79. The number of nitriles is 4. The van der Waals surface area contributed by atoms with Crippen LogP contribution in [-0.2, 0) is 0 Å². The van der Waals surface area contributed by atoms with Gasteiger partial charge in [0.25, 0.3) is 0 Å². The molecule has 0 heterocycles. The van der Waals surface area contributed by atoms with Crippen molar-refractivity contribution in [2.24, 2.45) is 0 Å². The van der Waals surface area contributed by atoms with Gasteiger partial charge in [0.2, 0.25) is 0 Å². The maximum Gasteiger partial charge on any atom is 0.102 e. The zero-order chi connectivity index (χ0) is 9.40. The summed E-state index contributed by atoms with van der Waals surface area (Å²) in [4.78, 5) is 0. The lowest BCUT2D eigenvalue weighted by atomic mass is 10.1. The number of rotatable bonds is 1. The molecule has 0 aromatic carbocycles. The van der Waals surface area contributed by atoms with Gasteiger partial charge in [-0.25, -0.2) is 0 Å².